The van der Waals surface area contributed by atoms with Crippen molar-refractivity contribution >= 4 is 5.91 Å². The summed E-state index contributed by atoms with van der Waals surface area (Å²) in [6.45, 7) is 7.02. The first-order valence-corrected chi connectivity index (χ1v) is 7.98. The second-order valence-electron chi connectivity index (χ2n) is 6.01. The summed E-state index contributed by atoms with van der Waals surface area (Å²) in [6.07, 6.45) is 2.20. The van der Waals surface area contributed by atoms with Crippen LogP contribution in [0.25, 0.3) is 0 Å². The van der Waals surface area contributed by atoms with Gasteiger partial charge < -0.3 is 24.3 Å². The highest BCUT2D eigenvalue weighted by molar-refractivity contribution is 5.90. The summed E-state index contributed by atoms with van der Waals surface area (Å²) in [4.78, 5) is 19.2. The fraction of sp³-hybridized carbons (Fsp3) is 0.562. The smallest absolute Gasteiger partial charge is 0.287 e. The second-order valence-corrected chi connectivity index (χ2v) is 6.01. The average Bonchev–Trinajstić information content (AvgIpc) is 3.13. The molecule has 0 spiro atoms. The van der Waals surface area contributed by atoms with Crippen LogP contribution in [-0.2, 0) is 16.1 Å². The molecule has 130 valence electrons. The van der Waals surface area contributed by atoms with Crippen LogP contribution in [0.1, 0.15) is 39.8 Å². The predicted octanol–water partition coefficient (Wildman–Crippen LogP) is 1.43. The van der Waals surface area contributed by atoms with Crippen LogP contribution in [0.15, 0.2) is 10.7 Å². The molecule has 2 atom stereocenters. The van der Waals surface area contributed by atoms with Gasteiger partial charge in [0.25, 0.3) is 5.91 Å². The van der Waals surface area contributed by atoms with E-state index in [-0.39, 0.29) is 18.1 Å². The molecule has 0 bridgehead atoms. The number of imidazole rings is 1. The van der Waals surface area contributed by atoms with Crippen LogP contribution >= 0.6 is 0 Å². The predicted molar refractivity (Wildman–Crippen MR) is 84.6 cm³/mol. The van der Waals surface area contributed by atoms with Crippen LogP contribution in [0, 0.1) is 20.8 Å². The fourth-order valence-electron chi connectivity index (χ4n) is 2.72. The maximum atomic E-state index is 12.3. The number of aryl methyl sites for hydroxylation is 3. The standard InChI is InChI=1S/C16H22N4O4/c1-9-6-17-15(18-9)16(21)19-13-8-22-5-4-14(13)23-7-12-10(2)20-24-11(12)3/h6,13-14H,4-5,7-8H2,1-3H3,(H,17,18)(H,19,21)/t13-,14+/m1/s1. The summed E-state index contributed by atoms with van der Waals surface area (Å²) < 4.78 is 16.7. The Bertz CT molecular complexity index is 689. The highest BCUT2D eigenvalue weighted by atomic mass is 16.5. The molecule has 8 heteroatoms. The molecule has 2 aromatic heterocycles. The molecule has 8 nitrogen and oxygen atoms in total. The van der Waals surface area contributed by atoms with Gasteiger partial charge in [0.05, 0.1) is 31.1 Å². The third kappa shape index (κ3) is 3.65. The largest absolute Gasteiger partial charge is 0.379 e. The molecule has 3 rings (SSSR count). The van der Waals surface area contributed by atoms with Crippen LogP contribution in [0.3, 0.4) is 0 Å². The minimum absolute atomic E-state index is 0.132. The Morgan fingerprint density at radius 3 is 2.96 bits per heavy atom. The second kappa shape index (κ2) is 7.14. The summed E-state index contributed by atoms with van der Waals surface area (Å²) in [7, 11) is 0. The molecule has 2 aromatic rings. The van der Waals surface area contributed by atoms with Crippen molar-refractivity contribution in [2.24, 2.45) is 0 Å². The molecule has 0 radical (unpaired) electrons. The van der Waals surface area contributed by atoms with Gasteiger partial charge in [0.1, 0.15) is 5.76 Å². The number of rotatable bonds is 5. The zero-order valence-electron chi connectivity index (χ0n) is 14.1. The van der Waals surface area contributed by atoms with E-state index in [0.29, 0.717) is 32.1 Å². The first-order chi connectivity index (χ1) is 11.5. The van der Waals surface area contributed by atoms with Gasteiger partial charge in [-0.25, -0.2) is 4.98 Å². The lowest BCUT2D eigenvalue weighted by Gasteiger charge is -2.31. The third-order valence-electron chi connectivity index (χ3n) is 4.15. The molecular weight excluding hydrogens is 312 g/mol. The number of H-pyrrole nitrogens is 1. The number of nitrogens with zero attached hydrogens (tertiary/aromatic N) is 2. The Morgan fingerprint density at radius 2 is 2.29 bits per heavy atom. The zero-order valence-corrected chi connectivity index (χ0v) is 14.1. The van der Waals surface area contributed by atoms with Crippen molar-refractivity contribution in [2.75, 3.05) is 13.2 Å². The Labute approximate surface area is 139 Å². The zero-order chi connectivity index (χ0) is 17.1. The lowest BCUT2D eigenvalue weighted by atomic mass is 10.1. The van der Waals surface area contributed by atoms with Gasteiger partial charge in [-0.15, -0.1) is 0 Å². The number of hydrogen-bond acceptors (Lipinski definition) is 6. The van der Waals surface area contributed by atoms with E-state index in [1.54, 1.807) is 6.20 Å². The number of carbonyl (C=O) groups is 1. The number of nitrogens with one attached hydrogen (secondary N) is 2. The van der Waals surface area contributed by atoms with Crippen LogP contribution in [0.5, 0.6) is 0 Å². The van der Waals surface area contributed by atoms with Crippen molar-refractivity contribution in [1.29, 1.82) is 0 Å². The van der Waals surface area contributed by atoms with Gasteiger partial charge >= 0.3 is 0 Å². The first-order valence-electron chi connectivity index (χ1n) is 7.98. The Balaban J connectivity index is 1.62. The highest BCUT2D eigenvalue weighted by Gasteiger charge is 2.29. The average molecular weight is 334 g/mol. The maximum Gasteiger partial charge on any atom is 0.287 e. The van der Waals surface area contributed by atoms with E-state index in [1.807, 2.05) is 20.8 Å². The Morgan fingerprint density at radius 1 is 1.46 bits per heavy atom. The van der Waals surface area contributed by atoms with Gasteiger partial charge in [-0.05, 0) is 27.2 Å². The topological polar surface area (TPSA) is 102 Å². The van der Waals surface area contributed by atoms with E-state index in [4.69, 9.17) is 14.0 Å². The molecule has 0 unspecified atom stereocenters. The number of hydrogen-bond donors (Lipinski definition) is 2. The lowest BCUT2D eigenvalue weighted by molar-refractivity contribution is -0.0608. The highest BCUT2D eigenvalue weighted by Crippen LogP contribution is 2.18. The lowest BCUT2D eigenvalue weighted by Crippen LogP contribution is -2.50. The van der Waals surface area contributed by atoms with Crippen molar-refractivity contribution < 1.29 is 18.8 Å². The molecule has 1 saturated heterocycles. The van der Waals surface area contributed by atoms with Crippen molar-refractivity contribution in [3.05, 3.63) is 34.7 Å². The van der Waals surface area contributed by atoms with E-state index in [0.717, 1.165) is 22.7 Å². The number of aromatic nitrogens is 3. The van der Waals surface area contributed by atoms with Gasteiger partial charge in [0, 0.05) is 24.1 Å². The molecule has 0 saturated carbocycles. The summed E-state index contributed by atoms with van der Waals surface area (Å²) >= 11 is 0. The van der Waals surface area contributed by atoms with Crippen LogP contribution in [0.4, 0.5) is 0 Å². The summed E-state index contributed by atoms with van der Waals surface area (Å²) in [5.41, 5.74) is 2.62. The van der Waals surface area contributed by atoms with Crippen molar-refractivity contribution in [3.63, 3.8) is 0 Å². The van der Waals surface area contributed by atoms with E-state index in [1.165, 1.54) is 0 Å². The summed E-state index contributed by atoms with van der Waals surface area (Å²) in [5, 5.41) is 6.86. The number of carbonyl (C=O) groups excluding carboxylic acids is 1. The summed E-state index contributed by atoms with van der Waals surface area (Å²) in [5.74, 6) is 0.790. The molecule has 0 aromatic carbocycles. The molecule has 0 aliphatic carbocycles. The van der Waals surface area contributed by atoms with Gasteiger partial charge in [0.2, 0.25) is 0 Å². The van der Waals surface area contributed by atoms with Crippen LogP contribution in [0.2, 0.25) is 0 Å². The quantitative estimate of drug-likeness (QED) is 0.857. The van der Waals surface area contributed by atoms with E-state index in [2.05, 4.69) is 20.4 Å². The fourth-order valence-corrected chi connectivity index (χ4v) is 2.72. The van der Waals surface area contributed by atoms with E-state index < -0.39 is 0 Å². The van der Waals surface area contributed by atoms with Gasteiger partial charge in [0.15, 0.2) is 5.82 Å². The molecule has 1 aliphatic rings. The van der Waals surface area contributed by atoms with Crippen molar-refractivity contribution in [3.8, 4) is 0 Å². The van der Waals surface area contributed by atoms with Gasteiger partial charge in [-0.1, -0.05) is 5.16 Å². The number of amides is 1. The van der Waals surface area contributed by atoms with Crippen molar-refractivity contribution in [2.45, 2.75) is 45.9 Å². The van der Waals surface area contributed by atoms with Crippen molar-refractivity contribution in [1.82, 2.24) is 20.4 Å². The molecule has 3 heterocycles. The monoisotopic (exact) mass is 334 g/mol. The van der Waals surface area contributed by atoms with E-state index in [9.17, 15) is 4.79 Å². The molecule has 1 amide bonds. The minimum atomic E-state index is -0.260. The molecule has 24 heavy (non-hydrogen) atoms. The van der Waals surface area contributed by atoms with Crippen LogP contribution in [-0.4, -0.2) is 46.4 Å². The minimum Gasteiger partial charge on any atom is -0.379 e. The number of ether oxygens (including phenoxy) is 2. The van der Waals surface area contributed by atoms with Gasteiger partial charge in [-0.2, -0.15) is 0 Å². The third-order valence-corrected chi connectivity index (χ3v) is 4.15. The van der Waals surface area contributed by atoms with E-state index >= 15 is 0 Å². The summed E-state index contributed by atoms with van der Waals surface area (Å²) in [6, 6.07) is -0.225. The molecular formula is C16H22N4O4. The Hall–Kier alpha value is -2.19. The SMILES string of the molecule is Cc1cnc(C(=O)N[C@@H]2COCC[C@@H]2OCc2c(C)noc2C)[nH]1. The molecule has 1 fully saturated rings. The Kier molecular flexibility index (Phi) is 4.96. The van der Waals surface area contributed by atoms with Gasteiger partial charge in [-0.3, -0.25) is 4.79 Å². The maximum absolute atomic E-state index is 12.3. The normalized spacial score (nSPS) is 21.0. The first kappa shape index (κ1) is 16.7. The van der Waals surface area contributed by atoms with Crippen LogP contribution < -0.4 is 5.32 Å². The molecule has 2 N–H and O–H groups in total. The molecule has 1 aliphatic heterocycles. The number of aromatic amines is 1.